The highest BCUT2D eigenvalue weighted by molar-refractivity contribution is 5.80. The van der Waals surface area contributed by atoms with Gasteiger partial charge in [-0.2, -0.15) is 5.10 Å². The summed E-state index contributed by atoms with van der Waals surface area (Å²) in [6.45, 7) is 2.64. The lowest BCUT2D eigenvalue weighted by Crippen LogP contribution is -1.96. The van der Waals surface area contributed by atoms with E-state index in [0.29, 0.717) is 6.61 Å². The molecule has 0 aromatic heterocycles. The molecule has 120 valence electrons. The van der Waals surface area contributed by atoms with E-state index in [9.17, 15) is 0 Å². The lowest BCUT2D eigenvalue weighted by atomic mass is 10.2. The van der Waals surface area contributed by atoms with Gasteiger partial charge >= 0.3 is 0 Å². The fourth-order valence-electron chi connectivity index (χ4n) is 2.23. The van der Waals surface area contributed by atoms with Gasteiger partial charge in [0.25, 0.3) is 0 Å². The smallest absolute Gasteiger partial charge is 0.120 e. The van der Waals surface area contributed by atoms with Gasteiger partial charge in [-0.3, -0.25) is 5.43 Å². The van der Waals surface area contributed by atoms with Gasteiger partial charge < -0.3 is 4.74 Å². The van der Waals surface area contributed by atoms with Gasteiger partial charge in [0.2, 0.25) is 0 Å². The number of rotatable bonds is 6. The Hall–Kier alpha value is -3.07. The van der Waals surface area contributed by atoms with Gasteiger partial charge in [0.05, 0.1) is 11.9 Å². The number of hydrazone groups is 1. The van der Waals surface area contributed by atoms with Crippen LogP contribution in [0.2, 0.25) is 0 Å². The monoisotopic (exact) mass is 316 g/mol. The maximum atomic E-state index is 5.86. The summed E-state index contributed by atoms with van der Waals surface area (Å²) in [6.07, 6.45) is 1.78. The Bertz CT molecular complexity index is 796. The summed E-state index contributed by atoms with van der Waals surface area (Å²) in [4.78, 5) is 0. The number of aryl methyl sites for hydroxylation is 1. The summed E-state index contributed by atoms with van der Waals surface area (Å²) in [5.41, 5.74) is 7.36. The number of ether oxygens (including phenoxy) is 1. The number of para-hydroxylation sites is 1. The van der Waals surface area contributed by atoms with Crippen molar-refractivity contribution >= 4 is 11.9 Å². The maximum absolute atomic E-state index is 5.86. The molecule has 3 nitrogen and oxygen atoms in total. The molecule has 0 heterocycles. The third kappa shape index (κ3) is 4.71. The van der Waals surface area contributed by atoms with Gasteiger partial charge in [0.15, 0.2) is 0 Å². The molecule has 0 saturated heterocycles. The largest absolute Gasteiger partial charge is 0.489 e. The van der Waals surface area contributed by atoms with Crippen molar-refractivity contribution in [2.45, 2.75) is 13.5 Å². The second-order valence-corrected chi connectivity index (χ2v) is 5.58. The first-order chi connectivity index (χ1) is 11.8. The van der Waals surface area contributed by atoms with Gasteiger partial charge in [-0.25, -0.2) is 0 Å². The molecule has 3 aromatic rings. The molecule has 0 aliphatic carbocycles. The van der Waals surface area contributed by atoms with Crippen LogP contribution in [0.3, 0.4) is 0 Å². The molecule has 0 saturated carbocycles. The van der Waals surface area contributed by atoms with Gasteiger partial charge in [0, 0.05) is 0 Å². The first kappa shape index (κ1) is 15.8. The second-order valence-electron chi connectivity index (χ2n) is 5.58. The molecule has 0 atom stereocenters. The average molecular weight is 316 g/mol. The van der Waals surface area contributed by atoms with E-state index in [2.05, 4.69) is 41.7 Å². The normalized spacial score (nSPS) is 10.7. The summed E-state index contributed by atoms with van der Waals surface area (Å²) < 4.78 is 5.86. The van der Waals surface area contributed by atoms with Crippen LogP contribution in [-0.4, -0.2) is 6.21 Å². The van der Waals surface area contributed by atoms with E-state index in [1.54, 1.807) is 6.21 Å². The van der Waals surface area contributed by atoms with E-state index in [1.165, 1.54) is 5.56 Å². The van der Waals surface area contributed by atoms with E-state index in [4.69, 9.17) is 4.74 Å². The Morgan fingerprint density at radius 3 is 2.50 bits per heavy atom. The van der Waals surface area contributed by atoms with Crippen LogP contribution in [0.5, 0.6) is 5.75 Å². The Morgan fingerprint density at radius 2 is 1.71 bits per heavy atom. The molecule has 0 aliphatic heterocycles. The third-order valence-corrected chi connectivity index (χ3v) is 3.57. The maximum Gasteiger partial charge on any atom is 0.120 e. The molecule has 0 radical (unpaired) electrons. The van der Waals surface area contributed by atoms with Crippen molar-refractivity contribution in [1.29, 1.82) is 0 Å². The molecule has 3 aromatic carbocycles. The van der Waals surface area contributed by atoms with E-state index < -0.39 is 0 Å². The number of anilines is 1. The predicted molar refractivity (Wildman–Crippen MR) is 99.6 cm³/mol. The van der Waals surface area contributed by atoms with Crippen LogP contribution in [0.4, 0.5) is 5.69 Å². The number of benzene rings is 3. The zero-order valence-corrected chi connectivity index (χ0v) is 13.6. The third-order valence-electron chi connectivity index (χ3n) is 3.57. The van der Waals surface area contributed by atoms with Gasteiger partial charge in [-0.15, -0.1) is 0 Å². The Labute approximate surface area is 142 Å². The van der Waals surface area contributed by atoms with Crippen molar-refractivity contribution in [1.82, 2.24) is 0 Å². The molecule has 0 aliphatic rings. The van der Waals surface area contributed by atoms with Crippen molar-refractivity contribution in [3.8, 4) is 5.75 Å². The van der Waals surface area contributed by atoms with Crippen LogP contribution in [0.1, 0.15) is 16.7 Å². The van der Waals surface area contributed by atoms with Crippen molar-refractivity contribution < 1.29 is 4.74 Å². The molecule has 0 amide bonds. The summed E-state index contributed by atoms with van der Waals surface area (Å²) >= 11 is 0. The van der Waals surface area contributed by atoms with Crippen molar-refractivity contribution in [3.05, 3.63) is 95.6 Å². The van der Waals surface area contributed by atoms with Crippen LogP contribution in [0.15, 0.2) is 84.0 Å². The highest BCUT2D eigenvalue weighted by Gasteiger charge is 1.97. The number of hydrogen-bond acceptors (Lipinski definition) is 3. The molecule has 3 heteroatoms. The van der Waals surface area contributed by atoms with Crippen molar-refractivity contribution in [3.63, 3.8) is 0 Å². The van der Waals surface area contributed by atoms with Crippen molar-refractivity contribution in [2.75, 3.05) is 5.43 Å². The molecule has 3 rings (SSSR count). The first-order valence-corrected chi connectivity index (χ1v) is 7.92. The minimum atomic E-state index is 0.559. The van der Waals surface area contributed by atoms with Crippen LogP contribution in [-0.2, 0) is 6.61 Å². The first-order valence-electron chi connectivity index (χ1n) is 7.92. The quantitative estimate of drug-likeness (QED) is 0.512. The van der Waals surface area contributed by atoms with Crippen LogP contribution in [0, 0.1) is 6.92 Å². The van der Waals surface area contributed by atoms with Gasteiger partial charge in [-0.05, 0) is 42.3 Å². The summed E-state index contributed by atoms with van der Waals surface area (Å²) in [5.74, 6) is 0.833. The Morgan fingerprint density at radius 1 is 0.917 bits per heavy atom. The fraction of sp³-hybridized carbons (Fsp3) is 0.0952. The topological polar surface area (TPSA) is 33.6 Å². The zero-order valence-electron chi connectivity index (χ0n) is 13.6. The van der Waals surface area contributed by atoms with E-state index in [0.717, 1.165) is 22.6 Å². The Balaban J connectivity index is 1.58. The van der Waals surface area contributed by atoms with E-state index in [1.807, 2.05) is 54.6 Å². The minimum absolute atomic E-state index is 0.559. The highest BCUT2D eigenvalue weighted by atomic mass is 16.5. The van der Waals surface area contributed by atoms with Gasteiger partial charge in [0.1, 0.15) is 12.4 Å². The minimum Gasteiger partial charge on any atom is -0.489 e. The van der Waals surface area contributed by atoms with Crippen LogP contribution < -0.4 is 10.2 Å². The van der Waals surface area contributed by atoms with Gasteiger partial charge in [-0.1, -0.05) is 60.2 Å². The lowest BCUT2D eigenvalue weighted by molar-refractivity contribution is 0.306. The standard InChI is InChI=1S/C21H20N2O/c1-17-10-12-18(13-11-17)16-24-21-9-5-6-19(14-21)15-22-23-20-7-3-2-4-8-20/h2-15,23H,16H2,1H3. The van der Waals surface area contributed by atoms with E-state index >= 15 is 0 Å². The van der Waals surface area contributed by atoms with Crippen LogP contribution >= 0.6 is 0 Å². The number of hydrogen-bond donors (Lipinski definition) is 1. The average Bonchev–Trinajstić information content (AvgIpc) is 2.63. The summed E-state index contributed by atoms with van der Waals surface area (Å²) in [5, 5.41) is 4.25. The lowest BCUT2D eigenvalue weighted by Gasteiger charge is -2.07. The highest BCUT2D eigenvalue weighted by Crippen LogP contribution is 2.15. The Kier molecular flexibility index (Phi) is 5.25. The molecule has 0 fully saturated rings. The molecule has 1 N–H and O–H groups in total. The summed E-state index contributed by atoms with van der Waals surface area (Å²) in [7, 11) is 0. The molecule has 0 bridgehead atoms. The molecular weight excluding hydrogens is 296 g/mol. The fourth-order valence-corrected chi connectivity index (χ4v) is 2.23. The van der Waals surface area contributed by atoms with E-state index in [-0.39, 0.29) is 0 Å². The summed E-state index contributed by atoms with van der Waals surface area (Å²) in [6, 6.07) is 26.1. The number of nitrogens with one attached hydrogen (secondary N) is 1. The molecule has 0 unspecified atom stereocenters. The second kappa shape index (κ2) is 7.97. The van der Waals surface area contributed by atoms with Crippen LogP contribution in [0.25, 0.3) is 0 Å². The van der Waals surface area contributed by atoms with Crippen molar-refractivity contribution in [2.24, 2.45) is 5.10 Å². The SMILES string of the molecule is Cc1ccc(COc2cccc(C=NNc3ccccc3)c2)cc1. The zero-order chi connectivity index (χ0) is 16.6. The number of nitrogens with zero attached hydrogens (tertiary/aromatic N) is 1. The molecular formula is C21H20N2O. The molecule has 24 heavy (non-hydrogen) atoms. The predicted octanol–water partition coefficient (Wildman–Crippen LogP) is 5.02. The molecule has 0 spiro atoms.